The van der Waals surface area contributed by atoms with E-state index in [1.165, 1.54) is 0 Å². The third kappa shape index (κ3) is 3.45. The third-order valence-corrected chi connectivity index (χ3v) is 4.25. The van der Waals surface area contributed by atoms with Crippen molar-refractivity contribution in [3.05, 3.63) is 29.8 Å². The van der Waals surface area contributed by atoms with E-state index in [0.29, 0.717) is 12.1 Å². The Bertz CT molecular complexity index is 420. The minimum Gasteiger partial charge on any atom is -0.372 e. The van der Waals surface area contributed by atoms with E-state index >= 15 is 0 Å². The largest absolute Gasteiger partial charge is 0.416 e. The number of nitrogens with zero attached hydrogens (tertiary/aromatic N) is 1. The van der Waals surface area contributed by atoms with Crippen LogP contribution in [0.5, 0.6) is 0 Å². The second-order valence-corrected chi connectivity index (χ2v) is 5.45. The summed E-state index contributed by atoms with van der Waals surface area (Å²) in [4.78, 5) is 2.10. The van der Waals surface area contributed by atoms with Crippen LogP contribution < -0.4 is 10.2 Å². The van der Waals surface area contributed by atoms with Crippen molar-refractivity contribution in [1.82, 2.24) is 5.32 Å². The summed E-state index contributed by atoms with van der Waals surface area (Å²) in [6, 6.07) is 6.43. The summed E-state index contributed by atoms with van der Waals surface area (Å²) < 4.78 is 37.6. The Morgan fingerprint density at radius 2 is 1.60 bits per heavy atom. The van der Waals surface area contributed by atoms with Gasteiger partial charge in [0.2, 0.25) is 0 Å². The smallest absolute Gasteiger partial charge is 0.372 e. The minimum atomic E-state index is -4.26. The Morgan fingerprint density at radius 1 is 1.05 bits per heavy atom. The van der Waals surface area contributed by atoms with Gasteiger partial charge in [-0.3, -0.25) is 0 Å². The van der Waals surface area contributed by atoms with Crippen LogP contribution in [0.2, 0.25) is 0 Å². The maximum atomic E-state index is 12.5. The fourth-order valence-corrected chi connectivity index (χ4v) is 2.85. The van der Waals surface area contributed by atoms with Gasteiger partial charge in [-0.25, -0.2) is 0 Å². The standard InChI is InChI=1S/C15H21F3N2/c1-19-12-5-9-14(10-6-12)20(2)13-7-3-11(4-8-13)15(16,17)18/h3-4,7-8,12,14,19H,5-6,9-10H2,1-2H3. The van der Waals surface area contributed by atoms with Gasteiger partial charge in [-0.15, -0.1) is 0 Å². The van der Waals surface area contributed by atoms with Gasteiger partial charge in [-0.2, -0.15) is 13.2 Å². The molecule has 0 spiro atoms. The Balaban J connectivity index is 2.01. The van der Waals surface area contributed by atoms with Crippen molar-refractivity contribution >= 4 is 5.69 Å². The molecule has 0 atom stereocenters. The van der Waals surface area contributed by atoms with Gasteiger partial charge in [0.25, 0.3) is 0 Å². The quantitative estimate of drug-likeness (QED) is 0.912. The van der Waals surface area contributed by atoms with Crippen molar-refractivity contribution in [2.24, 2.45) is 0 Å². The molecule has 0 aliphatic heterocycles. The molecule has 1 aliphatic rings. The van der Waals surface area contributed by atoms with Crippen LogP contribution in [0.4, 0.5) is 18.9 Å². The second-order valence-electron chi connectivity index (χ2n) is 5.45. The molecule has 1 N–H and O–H groups in total. The first-order valence-electron chi connectivity index (χ1n) is 6.99. The summed E-state index contributed by atoms with van der Waals surface area (Å²) >= 11 is 0. The molecule has 1 aromatic carbocycles. The van der Waals surface area contributed by atoms with E-state index in [0.717, 1.165) is 43.5 Å². The number of halogens is 3. The first-order valence-corrected chi connectivity index (χ1v) is 6.99. The van der Waals surface area contributed by atoms with Gasteiger partial charge in [0.1, 0.15) is 0 Å². The first-order chi connectivity index (χ1) is 9.41. The number of rotatable bonds is 3. The van der Waals surface area contributed by atoms with E-state index in [4.69, 9.17) is 0 Å². The van der Waals surface area contributed by atoms with Gasteiger partial charge in [-0.1, -0.05) is 0 Å². The topological polar surface area (TPSA) is 15.3 Å². The molecule has 5 heteroatoms. The maximum Gasteiger partial charge on any atom is 0.416 e. The fraction of sp³-hybridized carbons (Fsp3) is 0.600. The molecule has 112 valence electrons. The molecule has 2 nitrogen and oxygen atoms in total. The molecular formula is C15H21F3N2. The Labute approximate surface area is 118 Å². The Hall–Kier alpha value is -1.23. The number of alkyl halides is 3. The molecule has 1 aliphatic carbocycles. The normalized spacial score (nSPS) is 23.6. The van der Waals surface area contributed by atoms with Gasteiger partial charge in [0.15, 0.2) is 0 Å². The molecule has 20 heavy (non-hydrogen) atoms. The predicted octanol–water partition coefficient (Wildman–Crippen LogP) is 3.67. The van der Waals surface area contributed by atoms with Crippen molar-refractivity contribution in [3.8, 4) is 0 Å². The molecule has 2 rings (SSSR count). The van der Waals surface area contributed by atoms with Crippen molar-refractivity contribution < 1.29 is 13.2 Å². The number of benzene rings is 1. The summed E-state index contributed by atoms with van der Waals surface area (Å²) in [5.74, 6) is 0. The number of hydrogen-bond acceptors (Lipinski definition) is 2. The predicted molar refractivity (Wildman–Crippen MR) is 75.0 cm³/mol. The van der Waals surface area contributed by atoms with E-state index in [9.17, 15) is 13.2 Å². The average molecular weight is 286 g/mol. The molecule has 1 aromatic rings. The zero-order chi connectivity index (χ0) is 14.8. The molecule has 1 saturated carbocycles. The molecule has 0 aromatic heterocycles. The highest BCUT2D eigenvalue weighted by Gasteiger charge is 2.30. The van der Waals surface area contributed by atoms with Crippen LogP contribution in [-0.4, -0.2) is 26.2 Å². The Kier molecular flexibility index (Phi) is 4.58. The van der Waals surface area contributed by atoms with Gasteiger partial charge < -0.3 is 10.2 Å². The van der Waals surface area contributed by atoms with E-state index in [1.807, 2.05) is 14.1 Å². The van der Waals surface area contributed by atoms with E-state index in [2.05, 4.69) is 10.2 Å². The average Bonchev–Trinajstić information content (AvgIpc) is 2.46. The maximum absolute atomic E-state index is 12.5. The van der Waals surface area contributed by atoms with Crippen molar-refractivity contribution in [2.45, 2.75) is 43.9 Å². The lowest BCUT2D eigenvalue weighted by Crippen LogP contribution is -2.39. The summed E-state index contributed by atoms with van der Waals surface area (Å²) in [5.41, 5.74) is 0.263. The molecule has 0 radical (unpaired) electrons. The van der Waals surface area contributed by atoms with Crippen molar-refractivity contribution in [2.75, 3.05) is 19.0 Å². The minimum absolute atomic E-state index is 0.413. The highest BCUT2D eigenvalue weighted by Crippen LogP contribution is 2.32. The fourth-order valence-electron chi connectivity index (χ4n) is 2.85. The summed E-state index contributed by atoms with van der Waals surface area (Å²) in [7, 11) is 3.94. The molecule has 0 heterocycles. The van der Waals surface area contributed by atoms with Crippen LogP contribution in [0.25, 0.3) is 0 Å². The van der Waals surface area contributed by atoms with Crippen LogP contribution in [0.1, 0.15) is 31.2 Å². The zero-order valence-electron chi connectivity index (χ0n) is 11.9. The van der Waals surface area contributed by atoms with Gasteiger partial charge in [0, 0.05) is 24.8 Å². The van der Waals surface area contributed by atoms with Crippen LogP contribution in [0, 0.1) is 0 Å². The van der Waals surface area contributed by atoms with Crippen molar-refractivity contribution in [3.63, 3.8) is 0 Å². The van der Waals surface area contributed by atoms with Crippen LogP contribution in [0.3, 0.4) is 0 Å². The van der Waals surface area contributed by atoms with Gasteiger partial charge >= 0.3 is 6.18 Å². The van der Waals surface area contributed by atoms with Crippen molar-refractivity contribution in [1.29, 1.82) is 0 Å². The van der Waals surface area contributed by atoms with Crippen LogP contribution in [-0.2, 0) is 6.18 Å². The Morgan fingerprint density at radius 3 is 2.05 bits per heavy atom. The molecule has 0 unspecified atom stereocenters. The highest BCUT2D eigenvalue weighted by molar-refractivity contribution is 5.48. The number of hydrogen-bond donors (Lipinski definition) is 1. The lowest BCUT2D eigenvalue weighted by atomic mass is 9.90. The van der Waals surface area contributed by atoms with E-state index < -0.39 is 11.7 Å². The molecule has 1 fully saturated rings. The number of anilines is 1. The third-order valence-electron chi connectivity index (χ3n) is 4.25. The van der Waals surface area contributed by atoms with E-state index in [1.54, 1.807) is 12.1 Å². The molecular weight excluding hydrogens is 265 g/mol. The summed E-state index contributed by atoms with van der Waals surface area (Å²) in [5, 5.41) is 3.28. The van der Waals surface area contributed by atoms with E-state index in [-0.39, 0.29) is 0 Å². The SMILES string of the molecule is CNC1CCC(N(C)c2ccc(C(F)(F)F)cc2)CC1. The first kappa shape index (κ1) is 15.2. The molecule has 0 amide bonds. The summed E-state index contributed by atoms with van der Waals surface area (Å²) in [6.07, 6.45) is 0.117. The lowest BCUT2D eigenvalue weighted by molar-refractivity contribution is -0.137. The molecule has 0 bridgehead atoms. The molecule has 0 saturated heterocycles. The van der Waals surface area contributed by atoms with Gasteiger partial charge in [0.05, 0.1) is 5.56 Å². The van der Waals surface area contributed by atoms with Crippen LogP contribution >= 0.6 is 0 Å². The number of nitrogens with one attached hydrogen (secondary N) is 1. The second kappa shape index (κ2) is 6.04. The zero-order valence-corrected chi connectivity index (χ0v) is 11.9. The van der Waals surface area contributed by atoms with Crippen LogP contribution in [0.15, 0.2) is 24.3 Å². The summed E-state index contributed by atoms with van der Waals surface area (Å²) in [6.45, 7) is 0. The van der Waals surface area contributed by atoms with Gasteiger partial charge in [-0.05, 0) is 57.0 Å². The highest BCUT2D eigenvalue weighted by atomic mass is 19.4. The monoisotopic (exact) mass is 286 g/mol. The lowest BCUT2D eigenvalue weighted by Gasteiger charge is -2.36.